The Hall–Kier alpha value is -0.210. The molecule has 23 heavy (non-hydrogen) atoms. The minimum Gasteiger partial charge on any atom is -0.379 e. The average Bonchev–Trinajstić information content (AvgIpc) is 2.50. The summed E-state index contributed by atoms with van der Waals surface area (Å²) in [5.74, 6) is 0.00953. The Morgan fingerprint density at radius 3 is 1.83 bits per heavy atom. The predicted octanol–water partition coefficient (Wildman–Crippen LogP) is 2.14. The highest BCUT2D eigenvalue weighted by molar-refractivity contribution is 9.10. The van der Waals surface area contributed by atoms with E-state index >= 15 is 0 Å². The highest BCUT2D eigenvalue weighted by Crippen LogP contribution is 2.15. The van der Waals surface area contributed by atoms with Crippen LogP contribution in [0.2, 0.25) is 0 Å². The van der Waals surface area contributed by atoms with Gasteiger partial charge in [0.1, 0.15) is 0 Å². The van der Waals surface area contributed by atoms with E-state index in [0.29, 0.717) is 52.8 Å². The topological polar surface area (TPSA) is 66.0 Å². The van der Waals surface area contributed by atoms with Crippen LogP contribution >= 0.6 is 15.9 Å². The van der Waals surface area contributed by atoms with Gasteiger partial charge in [-0.1, -0.05) is 15.9 Å². The lowest BCUT2D eigenvalue weighted by atomic mass is 10.2. The van der Waals surface area contributed by atoms with Gasteiger partial charge in [-0.2, -0.15) is 0 Å². The number of nitrogens with one attached hydrogen (secondary N) is 1. The predicted molar refractivity (Wildman–Crippen MR) is 94.2 cm³/mol. The van der Waals surface area contributed by atoms with Gasteiger partial charge in [-0.15, -0.1) is 0 Å². The fourth-order valence-electron chi connectivity index (χ4n) is 1.55. The zero-order chi connectivity index (χ0) is 17.4. The molecule has 138 valence electrons. The van der Waals surface area contributed by atoms with E-state index in [1.807, 2.05) is 20.8 Å². The van der Waals surface area contributed by atoms with Crippen LogP contribution in [0.5, 0.6) is 0 Å². The molecule has 0 aliphatic carbocycles. The van der Waals surface area contributed by atoms with Crippen molar-refractivity contribution in [2.24, 2.45) is 0 Å². The molecule has 0 saturated heterocycles. The van der Waals surface area contributed by atoms with Crippen molar-refractivity contribution in [3.8, 4) is 0 Å². The molecule has 0 heterocycles. The maximum absolute atomic E-state index is 11.6. The molecule has 0 saturated carbocycles. The lowest BCUT2D eigenvalue weighted by molar-refractivity contribution is -0.122. The summed E-state index contributed by atoms with van der Waals surface area (Å²) in [4.78, 5) is 11.6. The molecular weight excluding hydrogens is 366 g/mol. The molecule has 0 bridgehead atoms. The summed E-state index contributed by atoms with van der Waals surface area (Å²) in [6.07, 6.45) is 1.83. The fourth-order valence-corrected chi connectivity index (χ4v) is 1.69. The largest absolute Gasteiger partial charge is 0.379 e. The van der Waals surface area contributed by atoms with E-state index < -0.39 is 4.32 Å². The number of ether oxygens (including phenoxy) is 4. The molecule has 0 unspecified atom stereocenters. The van der Waals surface area contributed by atoms with Crippen LogP contribution in [0.15, 0.2) is 0 Å². The van der Waals surface area contributed by atoms with E-state index in [0.717, 1.165) is 19.4 Å². The summed E-state index contributed by atoms with van der Waals surface area (Å²) < 4.78 is 20.8. The first kappa shape index (κ1) is 22.8. The molecule has 0 spiro atoms. The number of carbonyl (C=O) groups is 1. The minimum absolute atomic E-state index is 0.00953. The highest BCUT2D eigenvalue weighted by atomic mass is 79.9. The Labute approximate surface area is 148 Å². The van der Waals surface area contributed by atoms with Crippen molar-refractivity contribution in [1.29, 1.82) is 0 Å². The maximum atomic E-state index is 11.6. The monoisotopic (exact) mass is 397 g/mol. The second-order valence-corrected chi connectivity index (χ2v) is 7.45. The molecule has 1 amide bonds. The standard InChI is InChI=1S/C16H32BrNO5/c1-4-20-9-10-22-13-14-23-12-11-21-8-6-5-7-18-15(19)16(2,3)17/h4-14H2,1-3H3,(H,18,19). The second-order valence-electron chi connectivity index (χ2n) is 5.47. The van der Waals surface area contributed by atoms with Gasteiger partial charge in [-0.05, 0) is 33.6 Å². The first-order chi connectivity index (χ1) is 11.0. The first-order valence-corrected chi connectivity index (χ1v) is 9.06. The van der Waals surface area contributed by atoms with Gasteiger partial charge < -0.3 is 24.3 Å². The van der Waals surface area contributed by atoms with Crippen molar-refractivity contribution < 1.29 is 23.7 Å². The normalized spacial score (nSPS) is 11.7. The number of amides is 1. The van der Waals surface area contributed by atoms with Crippen molar-refractivity contribution in [1.82, 2.24) is 5.32 Å². The Balaban J connectivity index is 3.12. The molecule has 0 aromatic rings. The van der Waals surface area contributed by atoms with Crippen LogP contribution < -0.4 is 5.32 Å². The Bertz CT molecular complexity index is 284. The number of hydrogen-bond acceptors (Lipinski definition) is 5. The summed E-state index contributed by atoms with van der Waals surface area (Å²) in [6.45, 7) is 11.2. The molecule has 0 radical (unpaired) electrons. The zero-order valence-electron chi connectivity index (χ0n) is 14.7. The molecule has 0 aromatic carbocycles. The van der Waals surface area contributed by atoms with Gasteiger partial charge in [0.15, 0.2) is 0 Å². The molecule has 0 fully saturated rings. The fraction of sp³-hybridized carbons (Fsp3) is 0.938. The van der Waals surface area contributed by atoms with Crippen molar-refractivity contribution in [2.45, 2.75) is 37.9 Å². The van der Waals surface area contributed by atoms with Gasteiger partial charge >= 0.3 is 0 Å². The molecule has 0 atom stereocenters. The third-order valence-electron chi connectivity index (χ3n) is 2.86. The van der Waals surface area contributed by atoms with E-state index in [1.54, 1.807) is 0 Å². The molecule has 0 aliphatic heterocycles. The van der Waals surface area contributed by atoms with E-state index in [-0.39, 0.29) is 5.91 Å². The number of carbonyl (C=O) groups excluding carboxylic acids is 1. The first-order valence-electron chi connectivity index (χ1n) is 8.26. The van der Waals surface area contributed by atoms with Crippen LogP contribution in [-0.4, -0.2) is 69.6 Å². The number of hydrogen-bond donors (Lipinski definition) is 1. The molecule has 1 N–H and O–H groups in total. The van der Waals surface area contributed by atoms with Gasteiger partial charge in [0, 0.05) is 19.8 Å². The highest BCUT2D eigenvalue weighted by Gasteiger charge is 2.22. The summed E-state index contributed by atoms with van der Waals surface area (Å²) >= 11 is 3.32. The zero-order valence-corrected chi connectivity index (χ0v) is 16.3. The smallest absolute Gasteiger partial charge is 0.236 e. The van der Waals surface area contributed by atoms with E-state index in [9.17, 15) is 4.79 Å². The second kappa shape index (κ2) is 15.3. The minimum atomic E-state index is -0.506. The van der Waals surface area contributed by atoms with E-state index in [2.05, 4.69) is 21.2 Å². The number of unbranched alkanes of at least 4 members (excludes halogenated alkanes) is 1. The number of halogens is 1. The SMILES string of the molecule is CCOCCOCCOCCOCCCCNC(=O)C(C)(C)Br. The molecule has 0 aromatic heterocycles. The van der Waals surface area contributed by atoms with Crippen molar-refractivity contribution in [2.75, 3.05) is 59.4 Å². The lowest BCUT2D eigenvalue weighted by Crippen LogP contribution is -2.38. The lowest BCUT2D eigenvalue weighted by Gasteiger charge is -2.15. The van der Waals surface area contributed by atoms with Crippen LogP contribution in [0.25, 0.3) is 0 Å². The van der Waals surface area contributed by atoms with Crippen LogP contribution in [0.4, 0.5) is 0 Å². The van der Waals surface area contributed by atoms with Gasteiger partial charge in [-0.25, -0.2) is 0 Å². The van der Waals surface area contributed by atoms with Crippen molar-refractivity contribution in [3.05, 3.63) is 0 Å². The summed E-state index contributed by atoms with van der Waals surface area (Å²) in [6, 6.07) is 0. The molecule has 6 nitrogen and oxygen atoms in total. The summed E-state index contributed by atoms with van der Waals surface area (Å²) in [5.41, 5.74) is 0. The van der Waals surface area contributed by atoms with Crippen LogP contribution in [0.1, 0.15) is 33.6 Å². The van der Waals surface area contributed by atoms with Crippen LogP contribution in [-0.2, 0) is 23.7 Å². The van der Waals surface area contributed by atoms with Crippen molar-refractivity contribution >= 4 is 21.8 Å². The van der Waals surface area contributed by atoms with Gasteiger partial charge in [-0.3, -0.25) is 4.79 Å². The Morgan fingerprint density at radius 2 is 1.35 bits per heavy atom. The number of alkyl halides is 1. The molecule has 0 rings (SSSR count). The third-order valence-corrected chi connectivity index (χ3v) is 3.22. The van der Waals surface area contributed by atoms with Gasteiger partial charge in [0.25, 0.3) is 0 Å². The Morgan fingerprint density at radius 1 is 0.870 bits per heavy atom. The van der Waals surface area contributed by atoms with Crippen molar-refractivity contribution in [3.63, 3.8) is 0 Å². The van der Waals surface area contributed by atoms with Crippen LogP contribution in [0, 0.1) is 0 Å². The Kier molecular flexibility index (Phi) is 15.2. The summed E-state index contributed by atoms with van der Waals surface area (Å²) in [5, 5.41) is 2.88. The van der Waals surface area contributed by atoms with E-state index in [1.165, 1.54) is 0 Å². The molecular formula is C16H32BrNO5. The van der Waals surface area contributed by atoms with Crippen LogP contribution in [0.3, 0.4) is 0 Å². The number of rotatable bonds is 16. The average molecular weight is 398 g/mol. The molecule has 7 heteroatoms. The summed E-state index contributed by atoms with van der Waals surface area (Å²) in [7, 11) is 0. The van der Waals surface area contributed by atoms with E-state index in [4.69, 9.17) is 18.9 Å². The quantitative estimate of drug-likeness (QED) is 0.319. The molecule has 0 aliphatic rings. The third kappa shape index (κ3) is 16.4. The maximum Gasteiger partial charge on any atom is 0.236 e. The van der Waals surface area contributed by atoms with Gasteiger partial charge in [0.2, 0.25) is 5.91 Å². The van der Waals surface area contributed by atoms with Gasteiger partial charge in [0.05, 0.1) is 44.0 Å².